The SMILES string of the molecule is Cc1ccc(Nc2nccc(C(F)(F)F)n2)c(C)n1. The Morgan fingerprint density at radius 2 is 1.79 bits per heavy atom. The van der Waals surface area contributed by atoms with Gasteiger partial charge >= 0.3 is 6.18 Å². The molecule has 0 unspecified atom stereocenters. The van der Waals surface area contributed by atoms with E-state index >= 15 is 0 Å². The first kappa shape index (κ1) is 13.3. The molecule has 0 aromatic carbocycles. The van der Waals surface area contributed by atoms with Gasteiger partial charge in [0, 0.05) is 11.9 Å². The fourth-order valence-electron chi connectivity index (χ4n) is 1.52. The molecule has 1 N–H and O–H groups in total. The Labute approximate surface area is 107 Å². The van der Waals surface area contributed by atoms with E-state index in [4.69, 9.17) is 0 Å². The minimum atomic E-state index is -4.49. The maximum absolute atomic E-state index is 12.5. The lowest BCUT2D eigenvalue weighted by Gasteiger charge is -2.10. The molecule has 0 amide bonds. The van der Waals surface area contributed by atoms with Crippen LogP contribution in [0.1, 0.15) is 17.1 Å². The van der Waals surface area contributed by atoms with Crippen LogP contribution in [0.3, 0.4) is 0 Å². The standard InChI is InChI=1S/C12H11F3N4/c1-7-3-4-9(8(2)17-7)18-11-16-6-5-10(19-11)12(13,14)15/h3-6H,1-2H3,(H,16,18,19). The predicted octanol–water partition coefficient (Wildman–Crippen LogP) is 3.25. The molecule has 7 heteroatoms. The Hall–Kier alpha value is -2.18. The Balaban J connectivity index is 2.29. The Kier molecular flexibility index (Phi) is 3.37. The highest BCUT2D eigenvalue weighted by Gasteiger charge is 2.32. The molecule has 0 spiro atoms. The summed E-state index contributed by atoms with van der Waals surface area (Å²) < 4.78 is 37.5. The number of aryl methyl sites for hydroxylation is 2. The van der Waals surface area contributed by atoms with Gasteiger partial charge < -0.3 is 5.32 Å². The number of hydrogen-bond acceptors (Lipinski definition) is 4. The van der Waals surface area contributed by atoms with Gasteiger partial charge in [-0.2, -0.15) is 13.2 Å². The Bertz CT molecular complexity index is 596. The van der Waals surface area contributed by atoms with E-state index in [-0.39, 0.29) is 5.95 Å². The molecule has 0 radical (unpaired) electrons. The first-order valence-corrected chi connectivity index (χ1v) is 5.48. The van der Waals surface area contributed by atoms with E-state index in [0.717, 1.165) is 18.0 Å². The number of pyridine rings is 1. The fraction of sp³-hybridized carbons (Fsp3) is 0.250. The second kappa shape index (κ2) is 4.83. The van der Waals surface area contributed by atoms with Gasteiger partial charge in [0.15, 0.2) is 0 Å². The van der Waals surface area contributed by atoms with Crippen LogP contribution in [-0.2, 0) is 6.18 Å². The van der Waals surface area contributed by atoms with Gasteiger partial charge in [-0.25, -0.2) is 9.97 Å². The van der Waals surface area contributed by atoms with Gasteiger partial charge in [-0.3, -0.25) is 4.98 Å². The molecule has 19 heavy (non-hydrogen) atoms. The van der Waals surface area contributed by atoms with Gasteiger partial charge in [0.1, 0.15) is 5.69 Å². The van der Waals surface area contributed by atoms with E-state index in [2.05, 4.69) is 20.3 Å². The highest BCUT2D eigenvalue weighted by Crippen LogP contribution is 2.28. The van der Waals surface area contributed by atoms with Crippen molar-refractivity contribution in [2.45, 2.75) is 20.0 Å². The normalized spacial score (nSPS) is 11.4. The molecule has 100 valence electrons. The second-order valence-corrected chi connectivity index (χ2v) is 3.97. The Morgan fingerprint density at radius 3 is 2.42 bits per heavy atom. The molecular formula is C12H11F3N4. The Morgan fingerprint density at radius 1 is 1.05 bits per heavy atom. The number of aromatic nitrogens is 3. The third kappa shape index (κ3) is 3.18. The summed E-state index contributed by atoms with van der Waals surface area (Å²) in [5, 5.41) is 2.73. The van der Waals surface area contributed by atoms with Crippen LogP contribution in [0.15, 0.2) is 24.4 Å². The zero-order chi connectivity index (χ0) is 14.0. The van der Waals surface area contributed by atoms with Crippen LogP contribution in [0.4, 0.5) is 24.8 Å². The fourth-order valence-corrected chi connectivity index (χ4v) is 1.52. The van der Waals surface area contributed by atoms with E-state index in [1.807, 2.05) is 6.92 Å². The van der Waals surface area contributed by atoms with Crippen LogP contribution in [-0.4, -0.2) is 15.0 Å². The smallest absolute Gasteiger partial charge is 0.323 e. The van der Waals surface area contributed by atoms with Crippen LogP contribution in [0, 0.1) is 13.8 Å². The van der Waals surface area contributed by atoms with Crippen LogP contribution >= 0.6 is 0 Å². The van der Waals surface area contributed by atoms with Crippen LogP contribution < -0.4 is 5.32 Å². The van der Waals surface area contributed by atoms with Crippen molar-refractivity contribution in [1.29, 1.82) is 0 Å². The number of hydrogen-bond donors (Lipinski definition) is 1. The van der Waals surface area contributed by atoms with Crippen molar-refractivity contribution < 1.29 is 13.2 Å². The summed E-state index contributed by atoms with van der Waals surface area (Å²) in [5.41, 5.74) is 1.08. The van der Waals surface area contributed by atoms with E-state index in [1.165, 1.54) is 0 Å². The molecule has 0 saturated heterocycles. The first-order valence-electron chi connectivity index (χ1n) is 5.48. The summed E-state index contributed by atoms with van der Waals surface area (Å²) in [6, 6.07) is 4.30. The summed E-state index contributed by atoms with van der Waals surface area (Å²) in [6.45, 7) is 3.58. The van der Waals surface area contributed by atoms with Crippen molar-refractivity contribution in [1.82, 2.24) is 15.0 Å². The number of nitrogens with zero attached hydrogens (tertiary/aromatic N) is 3. The van der Waals surface area contributed by atoms with Crippen molar-refractivity contribution in [3.8, 4) is 0 Å². The van der Waals surface area contributed by atoms with Crippen molar-refractivity contribution in [2.75, 3.05) is 5.32 Å². The van der Waals surface area contributed by atoms with Crippen molar-refractivity contribution in [2.24, 2.45) is 0 Å². The first-order chi connectivity index (χ1) is 8.86. The molecule has 0 aliphatic carbocycles. The molecule has 2 aromatic heterocycles. The molecule has 2 rings (SSSR count). The summed E-state index contributed by atoms with van der Waals surface area (Å²) in [5.74, 6) is -0.108. The van der Waals surface area contributed by atoms with Crippen LogP contribution in [0.25, 0.3) is 0 Å². The van der Waals surface area contributed by atoms with Crippen molar-refractivity contribution in [3.05, 3.63) is 41.5 Å². The van der Waals surface area contributed by atoms with Gasteiger partial charge in [0.2, 0.25) is 5.95 Å². The van der Waals surface area contributed by atoms with E-state index in [1.54, 1.807) is 19.1 Å². The zero-order valence-electron chi connectivity index (χ0n) is 10.3. The predicted molar refractivity (Wildman–Crippen MR) is 64.0 cm³/mol. The zero-order valence-corrected chi connectivity index (χ0v) is 10.3. The molecule has 2 aromatic rings. The van der Waals surface area contributed by atoms with Crippen molar-refractivity contribution in [3.63, 3.8) is 0 Å². The number of nitrogens with one attached hydrogen (secondary N) is 1. The third-order valence-electron chi connectivity index (χ3n) is 2.42. The lowest BCUT2D eigenvalue weighted by Crippen LogP contribution is -2.10. The average molecular weight is 268 g/mol. The number of alkyl halides is 3. The van der Waals surface area contributed by atoms with Gasteiger partial charge in [-0.05, 0) is 32.0 Å². The highest BCUT2D eigenvalue weighted by molar-refractivity contribution is 5.56. The van der Waals surface area contributed by atoms with E-state index in [9.17, 15) is 13.2 Å². The van der Waals surface area contributed by atoms with Gasteiger partial charge in [0.25, 0.3) is 0 Å². The average Bonchev–Trinajstić information content (AvgIpc) is 2.32. The lowest BCUT2D eigenvalue weighted by molar-refractivity contribution is -0.141. The minimum absolute atomic E-state index is 0.108. The maximum atomic E-state index is 12.5. The number of halogens is 3. The quantitative estimate of drug-likeness (QED) is 0.908. The highest BCUT2D eigenvalue weighted by atomic mass is 19.4. The van der Waals surface area contributed by atoms with Gasteiger partial charge in [0.05, 0.1) is 11.4 Å². The molecule has 0 fully saturated rings. The summed E-state index contributed by atoms with van der Waals surface area (Å²) in [6.07, 6.45) is -3.42. The molecule has 4 nitrogen and oxygen atoms in total. The maximum Gasteiger partial charge on any atom is 0.433 e. The number of rotatable bonds is 2. The summed E-state index contributed by atoms with van der Waals surface area (Å²) in [4.78, 5) is 11.4. The molecule has 0 aliphatic rings. The molecule has 2 heterocycles. The van der Waals surface area contributed by atoms with Gasteiger partial charge in [-0.1, -0.05) is 0 Å². The second-order valence-electron chi connectivity index (χ2n) is 3.97. The third-order valence-corrected chi connectivity index (χ3v) is 2.42. The van der Waals surface area contributed by atoms with Gasteiger partial charge in [-0.15, -0.1) is 0 Å². The van der Waals surface area contributed by atoms with E-state index in [0.29, 0.717) is 11.4 Å². The van der Waals surface area contributed by atoms with Crippen molar-refractivity contribution >= 4 is 11.6 Å². The molecule has 0 aliphatic heterocycles. The molecule has 0 bridgehead atoms. The van der Waals surface area contributed by atoms with Crippen LogP contribution in [0.5, 0.6) is 0 Å². The monoisotopic (exact) mass is 268 g/mol. The van der Waals surface area contributed by atoms with Crippen LogP contribution in [0.2, 0.25) is 0 Å². The van der Waals surface area contributed by atoms with E-state index < -0.39 is 11.9 Å². The number of anilines is 2. The molecule has 0 saturated carbocycles. The largest absolute Gasteiger partial charge is 0.433 e. The summed E-state index contributed by atoms with van der Waals surface area (Å²) in [7, 11) is 0. The summed E-state index contributed by atoms with van der Waals surface area (Å²) >= 11 is 0. The molecule has 0 atom stereocenters. The minimum Gasteiger partial charge on any atom is -0.323 e. The lowest BCUT2D eigenvalue weighted by atomic mass is 10.3. The topological polar surface area (TPSA) is 50.7 Å². The molecular weight excluding hydrogens is 257 g/mol.